The van der Waals surface area contributed by atoms with Gasteiger partial charge in [-0.3, -0.25) is 0 Å². The van der Waals surface area contributed by atoms with Crippen LogP contribution >= 0.6 is 0 Å². The molecule has 0 bridgehead atoms. The van der Waals surface area contributed by atoms with E-state index in [9.17, 15) is 4.79 Å². The van der Waals surface area contributed by atoms with Crippen molar-refractivity contribution in [3.05, 3.63) is 53.2 Å². The molecule has 92 valence electrons. The van der Waals surface area contributed by atoms with Gasteiger partial charge in [-0.15, -0.1) is 10.2 Å². The van der Waals surface area contributed by atoms with Gasteiger partial charge in [0.2, 0.25) is 0 Å². The number of aromatic nitrogens is 2. The van der Waals surface area contributed by atoms with Crippen molar-refractivity contribution < 1.29 is 9.90 Å². The lowest BCUT2D eigenvalue weighted by Gasteiger charge is -2.07. The Labute approximate surface area is 104 Å². The second-order valence-corrected chi connectivity index (χ2v) is 3.89. The summed E-state index contributed by atoms with van der Waals surface area (Å²) in [6, 6.07) is 11.1. The van der Waals surface area contributed by atoms with Gasteiger partial charge in [0, 0.05) is 6.54 Å². The minimum atomic E-state index is -1.08. The molecule has 0 aliphatic rings. The minimum absolute atomic E-state index is 0.0589. The molecule has 5 nitrogen and oxygen atoms in total. The van der Waals surface area contributed by atoms with Gasteiger partial charge in [0.25, 0.3) is 0 Å². The third-order valence-electron chi connectivity index (χ3n) is 2.60. The fraction of sp³-hybridized carbons (Fsp3) is 0.154. The summed E-state index contributed by atoms with van der Waals surface area (Å²) in [6.45, 7) is 2.67. The lowest BCUT2D eigenvalue weighted by molar-refractivity contribution is 0.0689. The van der Waals surface area contributed by atoms with E-state index >= 15 is 0 Å². The summed E-state index contributed by atoms with van der Waals surface area (Å²) in [6.07, 6.45) is 0. The van der Waals surface area contributed by atoms with E-state index in [1.54, 1.807) is 6.07 Å². The highest BCUT2D eigenvalue weighted by Gasteiger charge is 2.05. The van der Waals surface area contributed by atoms with Gasteiger partial charge in [-0.2, -0.15) is 0 Å². The SMILES string of the molecule is Cc1ccccc1CNc1ccc(C(=O)O)nn1. The minimum Gasteiger partial charge on any atom is -0.476 e. The molecule has 0 aliphatic heterocycles. The van der Waals surface area contributed by atoms with Crippen LogP contribution in [-0.2, 0) is 6.54 Å². The molecule has 2 aromatic rings. The Morgan fingerprint density at radius 3 is 2.61 bits per heavy atom. The van der Waals surface area contributed by atoms with E-state index in [0.29, 0.717) is 12.4 Å². The van der Waals surface area contributed by atoms with Crippen molar-refractivity contribution in [3.8, 4) is 0 Å². The Morgan fingerprint density at radius 1 is 1.22 bits per heavy atom. The van der Waals surface area contributed by atoms with E-state index in [0.717, 1.165) is 0 Å². The molecule has 1 aromatic heterocycles. The molecule has 0 spiro atoms. The van der Waals surface area contributed by atoms with Crippen LogP contribution in [0.2, 0.25) is 0 Å². The molecule has 1 aromatic carbocycles. The van der Waals surface area contributed by atoms with Gasteiger partial charge < -0.3 is 10.4 Å². The normalized spacial score (nSPS) is 10.1. The van der Waals surface area contributed by atoms with Gasteiger partial charge in [-0.25, -0.2) is 4.79 Å². The lowest BCUT2D eigenvalue weighted by Crippen LogP contribution is -2.06. The van der Waals surface area contributed by atoms with Crippen LogP contribution in [0, 0.1) is 6.92 Å². The van der Waals surface area contributed by atoms with Crippen molar-refractivity contribution >= 4 is 11.8 Å². The Hall–Kier alpha value is -2.43. The number of nitrogens with zero attached hydrogens (tertiary/aromatic N) is 2. The molecule has 0 fully saturated rings. The maximum Gasteiger partial charge on any atom is 0.356 e. The zero-order valence-electron chi connectivity index (χ0n) is 9.92. The van der Waals surface area contributed by atoms with Gasteiger partial charge in [-0.1, -0.05) is 24.3 Å². The second-order valence-electron chi connectivity index (χ2n) is 3.89. The van der Waals surface area contributed by atoms with Crippen LogP contribution in [0.1, 0.15) is 21.6 Å². The summed E-state index contributed by atoms with van der Waals surface area (Å²) in [7, 11) is 0. The van der Waals surface area contributed by atoms with Crippen LogP contribution in [0.15, 0.2) is 36.4 Å². The average molecular weight is 243 g/mol. The van der Waals surface area contributed by atoms with E-state index in [4.69, 9.17) is 5.11 Å². The van der Waals surface area contributed by atoms with Crippen LogP contribution in [0.5, 0.6) is 0 Å². The Balaban J connectivity index is 2.02. The molecule has 0 radical (unpaired) electrons. The Bertz CT molecular complexity index is 552. The number of rotatable bonds is 4. The lowest BCUT2D eigenvalue weighted by atomic mass is 10.1. The van der Waals surface area contributed by atoms with Gasteiger partial charge in [-0.05, 0) is 30.2 Å². The van der Waals surface area contributed by atoms with Crippen molar-refractivity contribution in [1.82, 2.24) is 10.2 Å². The molecule has 0 aliphatic carbocycles. The quantitative estimate of drug-likeness (QED) is 0.860. The fourth-order valence-corrected chi connectivity index (χ4v) is 1.53. The van der Waals surface area contributed by atoms with Crippen LogP contribution < -0.4 is 5.32 Å². The Morgan fingerprint density at radius 2 is 2.00 bits per heavy atom. The first-order valence-corrected chi connectivity index (χ1v) is 5.52. The van der Waals surface area contributed by atoms with Crippen LogP contribution in [0.25, 0.3) is 0 Å². The highest BCUT2D eigenvalue weighted by molar-refractivity contribution is 5.85. The largest absolute Gasteiger partial charge is 0.476 e. The zero-order valence-corrected chi connectivity index (χ0v) is 9.92. The third-order valence-corrected chi connectivity index (χ3v) is 2.60. The van der Waals surface area contributed by atoms with Crippen LogP contribution in [-0.4, -0.2) is 21.3 Å². The van der Waals surface area contributed by atoms with E-state index in [2.05, 4.69) is 15.5 Å². The Kier molecular flexibility index (Phi) is 3.52. The molecule has 5 heteroatoms. The van der Waals surface area contributed by atoms with Crippen LogP contribution in [0.4, 0.5) is 5.82 Å². The van der Waals surface area contributed by atoms with E-state index in [1.807, 2.05) is 31.2 Å². The summed E-state index contributed by atoms with van der Waals surface area (Å²) in [4.78, 5) is 10.6. The number of aromatic carboxylic acids is 1. The van der Waals surface area contributed by atoms with Gasteiger partial charge >= 0.3 is 5.97 Å². The van der Waals surface area contributed by atoms with Crippen molar-refractivity contribution in [3.63, 3.8) is 0 Å². The number of anilines is 1. The van der Waals surface area contributed by atoms with Crippen molar-refractivity contribution in [1.29, 1.82) is 0 Å². The average Bonchev–Trinajstić information content (AvgIpc) is 2.38. The molecule has 18 heavy (non-hydrogen) atoms. The first kappa shape index (κ1) is 12.0. The smallest absolute Gasteiger partial charge is 0.356 e. The third kappa shape index (κ3) is 2.82. The topological polar surface area (TPSA) is 75.1 Å². The molecule has 1 heterocycles. The predicted molar refractivity (Wildman–Crippen MR) is 67.5 cm³/mol. The summed E-state index contributed by atoms with van der Waals surface area (Å²) >= 11 is 0. The monoisotopic (exact) mass is 243 g/mol. The number of nitrogens with one attached hydrogen (secondary N) is 1. The fourth-order valence-electron chi connectivity index (χ4n) is 1.53. The van der Waals surface area contributed by atoms with Gasteiger partial charge in [0.1, 0.15) is 5.82 Å². The first-order valence-electron chi connectivity index (χ1n) is 5.52. The van der Waals surface area contributed by atoms with Crippen LogP contribution in [0.3, 0.4) is 0 Å². The molecular weight excluding hydrogens is 230 g/mol. The summed E-state index contributed by atoms with van der Waals surface area (Å²) in [5, 5.41) is 19.2. The maximum absolute atomic E-state index is 10.6. The predicted octanol–water partition coefficient (Wildman–Crippen LogP) is 2.10. The zero-order chi connectivity index (χ0) is 13.0. The van der Waals surface area contributed by atoms with Gasteiger partial charge in [0.05, 0.1) is 0 Å². The number of hydrogen-bond acceptors (Lipinski definition) is 4. The highest BCUT2D eigenvalue weighted by atomic mass is 16.4. The number of carboxylic acids is 1. The number of carboxylic acid groups (broad SMARTS) is 1. The highest BCUT2D eigenvalue weighted by Crippen LogP contribution is 2.09. The second kappa shape index (κ2) is 5.27. The number of aryl methyl sites for hydroxylation is 1. The van der Waals surface area contributed by atoms with E-state index < -0.39 is 5.97 Å². The number of benzene rings is 1. The summed E-state index contributed by atoms with van der Waals surface area (Å²) < 4.78 is 0. The van der Waals surface area contributed by atoms with Crippen molar-refractivity contribution in [2.24, 2.45) is 0 Å². The van der Waals surface area contributed by atoms with E-state index in [-0.39, 0.29) is 5.69 Å². The maximum atomic E-state index is 10.6. The molecule has 0 saturated heterocycles. The molecule has 0 unspecified atom stereocenters. The molecule has 2 rings (SSSR count). The summed E-state index contributed by atoms with van der Waals surface area (Å²) in [5.41, 5.74) is 2.30. The summed E-state index contributed by atoms with van der Waals surface area (Å²) in [5.74, 6) is -0.517. The van der Waals surface area contributed by atoms with Crippen molar-refractivity contribution in [2.45, 2.75) is 13.5 Å². The molecular formula is C13H13N3O2. The van der Waals surface area contributed by atoms with Crippen molar-refractivity contribution in [2.75, 3.05) is 5.32 Å². The number of carbonyl (C=O) groups is 1. The van der Waals surface area contributed by atoms with Gasteiger partial charge in [0.15, 0.2) is 5.69 Å². The molecule has 0 amide bonds. The first-order chi connectivity index (χ1) is 8.66. The van der Waals surface area contributed by atoms with E-state index in [1.165, 1.54) is 17.2 Å². The molecule has 0 atom stereocenters. The molecule has 0 saturated carbocycles. The standard InChI is InChI=1S/C13H13N3O2/c1-9-4-2-3-5-10(9)8-14-12-7-6-11(13(17)18)15-16-12/h2-7H,8H2,1H3,(H,14,16)(H,17,18). The number of hydrogen-bond donors (Lipinski definition) is 2. The molecule has 2 N–H and O–H groups in total.